The standard InChI is InChI=1S/C18H16FN5OS/c1-2-15(16(25)20-12-9-7-11(19)8-10-12)26-18-23-22-17-21-13-5-3-4-6-14(13)24(17)18/h3-10,15H,2H2,1H3,(H,20,25)(H,21,22)/t15-/m0/s1. The van der Waals surface area contributed by atoms with Gasteiger partial charge in [-0.25, -0.2) is 14.5 Å². The van der Waals surface area contributed by atoms with Crippen molar-refractivity contribution in [1.82, 2.24) is 19.6 Å². The van der Waals surface area contributed by atoms with Crippen LogP contribution in [-0.4, -0.2) is 30.7 Å². The highest BCUT2D eigenvalue weighted by Crippen LogP contribution is 2.28. The van der Waals surface area contributed by atoms with E-state index in [0.29, 0.717) is 23.0 Å². The third-order valence-electron chi connectivity index (χ3n) is 4.03. The Kier molecular flexibility index (Phi) is 4.34. The van der Waals surface area contributed by atoms with Gasteiger partial charge in [0.25, 0.3) is 0 Å². The number of aromatic amines is 1. The fourth-order valence-electron chi connectivity index (χ4n) is 2.73. The van der Waals surface area contributed by atoms with E-state index in [1.54, 1.807) is 12.1 Å². The molecule has 6 nitrogen and oxygen atoms in total. The predicted octanol–water partition coefficient (Wildman–Crippen LogP) is 3.86. The number of carbonyl (C=O) groups is 1. The number of H-pyrrole nitrogens is 1. The minimum Gasteiger partial charge on any atom is -0.325 e. The summed E-state index contributed by atoms with van der Waals surface area (Å²) in [6.45, 7) is 1.94. The van der Waals surface area contributed by atoms with Crippen molar-refractivity contribution in [1.29, 1.82) is 0 Å². The van der Waals surface area contributed by atoms with Crippen LogP contribution in [0.5, 0.6) is 0 Å². The molecule has 0 bridgehead atoms. The highest BCUT2D eigenvalue weighted by molar-refractivity contribution is 8.00. The van der Waals surface area contributed by atoms with Gasteiger partial charge >= 0.3 is 0 Å². The lowest BCUT2D eigenvalue weighted by Gasteiger charge is -2.13. The Hall–Kier alpha value is -2.87. The van der Waals surface area contributed by atoms with E-state index in [-0.39, 0.29) is 17.0 Å². The Labute approximate surface area is 152 Å². The molecule has 0 saturated carbocycles. The average molecular weight is 369 g/mol. The molecule has 2 aromatic carbocycles. The van der Waals surface area contributed by atoms with Crippen LogP contribution in [0.2, 0.25) is 0 Å². The SMILES string of the molecule is CC[C@H](Sc1n[nH]c2nc3ccccc3n12)C(=O)Nc1ccc(F)cc1. The van der Waals surface area contributed by atoms with Gasteiger partial charge in [-0.3, -0.25) is 9.20 Å². The molecule has 0 aliphatic heterocycles. The molecule has 0 aliphatic carbocycles. The number of benzene rings is 2. The van der Waals surface area contributed by atoms with Gasteiger partial charge in [-0.1, -0.05) is 30.8 Å². The number of carbonyl (C=O) groups excluding carboxylic acids is 1. The molecule has 1 amide bonds. The number of thioether (sulfide) groups is 1. The first-order chi connectivity index (χ1) is 12.7. The van der Waals surface area contributed by atoms with Gasteiger partial charge < -0.3 is 5.32 Å². The zero-order valence-corrected chi connectivity index (χ0v) is 14.8. The smallest absolute Gasteiger partial charge is 0.237 e. The first-order valence-corrected chi connectivity index (χ1v) is 9.08. The monoisotopic (exact) mass is 369 g/mol. The normalized spacial score (nSPS) is 12.5. The molecule has 8 heteroatoms. The van der Waals surface area contributed by atoms with Crippen molar-refractivity contribution >= 4 is 40.2 Å². The number of hydrogen-bond acceptors (Lipinski definition) is 4. The largest absolute Gasteiger partial charge is 0.325 e. The lowest BCUT2D eigenvalue weighted by atomic mass is 10.2. The fraction of sp³-hybridized carbons (Fsp3) is 0.167. The van der Waals surface area contributed by atoms with Crippen molar-refractivity contribution in [2.45, 2.75) is 23.8 Å². The van der Waals surface area contributed by atoms with E-state index in [2.05, 4.69) is 20.5 Å². The Morgan fingerprint density at radius 3 is 2.81 bits per heavy atom. The van der Waals surface area contributed by atoms with Gasteiger partial charge in [-0.05, 0) is 42.8 Å². The number of anilines is 1. The second-order valence-corrected chi connectivity index (χ2v) is 6.95. The number of rotatable bonds is 5. The molecule has 1 atom stereocenters. The summed E-state index contributed by atoms with van der Waals surface area (Å²) in [6, 6.07) is 13.5. The van der Waals surface area contributed by atoms with Crippen LogP contribution in [0.25, 0.3) is 16.8 Å². The van der Waals surface area contributed by atoms with E-state index in [1.807, 2.05) is 35.6 Å². The predicted molar refractivity (Wildman–Crippen MR) is 99.8 cm³/mol. The maximum absolute atomic E-state index is 13.0. The molecule has 2 N–H and O–H groups in total. The zero-order valence-electron chi connectivity index (χ0n) is 13.9. The molecule has 0 spiro atoms. The quantitative estimate of drug-likeness (QED) is 0.524. The van der Waals surface area contributed by atoms with Gasteiger partial charge in [-0.15, -0.1) is 5.10 Å². The van der Waals surface area contributed by atoms with E-state index in [1.165, 1.54) is 23.9 Å². The second-order valence-electron chi connectivity index (χ2n) is 5.78. The third kappa shape index (κ3) is 3.03. The summed E-state index contributed by atoms with van der Waals surface area (Å²) in [4.78, 5) is 17.1. The Morgan fingerprint density at radius 2 is 2.04 bits per heavy atom. The van der Waals surface area contributed by atoms with E-state index < -0.39 is 0 Å². The summed E-state index contributed by atoms with van der Waals surface area (Å²) < 4.78 is 14.9. The van der Waals surface area contributed by atoms with Gasteiger partial charge in [0, 0.05) is 5.69 Å². The van der Waals surface area contributed by atoms with Crippen molar-refractivity contribution in [3.8, 4) is 0 Å². The highest BCUT2D eigenvalue weighted by Gasteiger charge is 2.22. The second kappa shape index (κ2) is 6.80. The average Bonchev–Trinajstić information content (AvgIpc) is 3.21. The van der Waals surface area contributed by atoms with Crippen LogP contribution in [0.15, 0.2) is 53.7 Å². The van der Waals surface area contributed by atoms with E-state index in [9.17, 15) is 9.18 Å². The van der Waals surface area contributed by atoms with E-state index in [0.717, 1.165) is 11.0 Å². The number of nitrogens with one attached hydrogen (secondary N) is 2. The summed E-state index contributed by atoms with van der Waals surface area (Å²) in [5, 5.41) is 10.4. The number of amides is 1. The topological polar surface area (TPSA) is 75.1 Å². The Balaban J connectivity index is 1.59. The molecule has 26 heavy (non-hydrogen) atoms. The van der Waals surface area contributed by atoms with Crippen LogP contribution < -0.4 is 5.32 Å². The number of aromatic nitrogens is 4. The van der Waals surface area contributed by atoms with Crippen molar-refractivity contribution < 1.29 is 9.18 Å². The molecule has 132 valence electrons. The van der Waals surface area contributed by atoms with Crippen molar-refractivity contribution in [3.63, 3.8) is 0 Å². The van der Waals surface area contributed by atoms with Crippen LogP contribution in [0, 0.1) is 5.82 Å². The van der Waals surface area contributed by atoms with Crippen LogP contribution >= 0.6 is 11.8 Å². The molecule has 0 fully saturated rings. The van der Waals surface area contributed by atoms with Crippen molar-refractivity contribution in [3.05, 3.63) is 54.3 Å². The molecular formula is C18H16FN5OS. The molecular weight excluding hydrogens is 353 g/mol. The Morgan fingerprint density at radius 1 is 1.27 bits per heavy atom. The zero-order chi connectivity index (χ0) is 18.1. The van der Waals surface area contributed by atoms with Gasteiger partial charge in [0.2, 0.25) is 11.7 Å². The molecule has 0 unspecified atom stereocenters. The van der Waals surface area contributed by atoms with Gasteiger partial charge in [-0.2, -0.15) is 0 Å². The maximum atomic E-state index is 13.0. The van der Waals surface area contributed by atoms with Gasteiger partial charge in [0.15, 0.2) is 5.16 Å². The lowest BCUT2D eigenvalue weighted by molar-refractivity contribution is -0.115. The van der Waals surface area contributed by atoms with Gasteiger partial charge in [0.05, 0.1) is 16.3 Å². The summed E-state index contributed by atoms with van der Waals surface area (Å²) in [5.74, 6) is 0.155. The molecule has 4 rings (SSSR count). The van der Waals surface area contributed by atoms with E-state index >= 15 is 0 Å². The van der Waals surface area contributed by atoms with E-state index in [4.69, 9.17) is 0 Å². The van der Waals surface area contributed by atoms with Crippen LogP contribution in [0.4, 0.5) is 10.1 Å². The molecule has 0 radical (unpaired) electrons. The highest BCUT2D eigenvalue weighted by atomic mass is 32.2. The third-order valence-corrected chi connectivity index (χ3v) is 5.34. The van der Waals surface area contributed by atoms with Crippen molar-refractivity contribution in [2.75, 3.05) is 5.32 Å². The summed E-state index contributed by atoms with van der Waals surface area (Å²) in [6.07, 6.45) is 0.624. The fourth-order valence-corrected chi connectivity index (χ4v) is 3.70. The number of para-hydroxylation sites is 2. The number of nitrogens with zero attached hydrogens (tertiary/aromatic N) is 3. The van der Waals surface area contributed by atoms with Crippen LogP contribution in [0.1, 0.15) is 13.3 Å². The molecule has 2 aromatic heterocycles. The minimum absolute atomic E-state index is 0.148. The van der Waals surface area contributed by atoms with Crippen LogP contribution in [-0.2, 0) is 4.79 Å². The molecule has 2 heterocycles. The maximum Gasteiger partial charge on any atom is 0.237 e. The van der Waals surface area contributed by atoms with Gasteiger partial charge in [0.1, 0.15) is 5.82 Å². The van der Waals surface area contributed by atoms with Crippen molar-refractivity contribution in [2.24, 2.45) is 0 Å². The number of hydrogen-bond donors (Lipinski definition) is 2. The number of halogens is 1. The lowest BCUT2D eigenvalue weighted by Crippen LogP contribution is -2.24. The summed E-state index contributed by atoms with van der Waals surface area (Å²) in [5.41, 5.74) is 2.37. The Bertz CT molecular complexity index is 1070. The first kappa shape index (κ1) is 16.6. The number of fused-ring (bicyclic) bond motifs is 3. The molecule has 0 aliphatic rings. The van der Waals surface area contributed by atoms with Crippen LogP contribution in [0.3, 0.4) is 0 Å². The first-order valence-electron chi connectivity index (χ1n) is 8.20. The summed E-state index contributed by atoms with van der Waals surface area (Å²) >= 11 is 1.37. The summed E-state index contributed by atoms with van der Waals surface area (Å²) in [7, 11) is 0. The molecule has 4 aromatic rings. The molecule has 0 saturated heterocycles. The number of imidazole rings is 1. The minimum atomic E-state index is -0.340.